The number of Topliss-reactive ketones (excluding diaryl/α,β-unsaturated/α-hetero) is 1. The molecular weight excluding hydrogens is 266 g/mol. The van der Waals surface area contributed by atoms with Gasteiger partial charge in [-0.25, -0.2) is 0 Å². The predicted molar refractivity (Wildman–Crippen MR) is 83.3 cm³/mol. The maximum atomic E-state index is 12.0. The summed E-state index contributed by atoms with van der Waals surface area (Å²) in [7, 11) is 0. The molecule has 1 saturated heterocycles. The van der Waals surface area contributed by atoms with Gasteiger partial charge in [-0.1, -0.05) is 6.92 Å². The highest BCUT2D eigenvalue weighted by molar-refractivity contribution is 5.96. The fourth-order valence-corrected chi connectivity index (χ4v) is 2.51. The van der Waals surface area contributed by atoms with Crippen LogP contribution in [-0.2, 0) is 4.79 Å². The van der Waals surface area contributed by atoms with Gasteiger partial charge in [0, 0.05) is 23.8 Å². The third-order valence-electron chi connectivity index (χ3n) is 4.04. The lowest BCUT2D eigenvalue weighted by Crippen LogP contribution is -2.49. The van der Waals surface area contributed by atoms with Crippen LogP contribution in [0, 0.1) is 5.92 Å². The smallest absolute Gasteiger partial charge is 0.238 e. The van der Waals surface area contributed by atoms with Crippen LogP contribution in [0.1, 0.15) is 30.6 Å². The molecule has 1 aromatic carbocycles. The van der Waals surface area contributed by atoms with Crippen LogP contribution < -0.4 is 11.1 Å². The van der Waals surface area contributed by atoms with Gasteiger partial charge in [0.1, 0.15) is 0 Å². The molecule has 0 bridgehead atoms. The number of hydrogen-bond donors (Lipinski definition) is 2. The van der Waals surface area contributed by atoms with Crippen molar-refractivity contribution in [1.82, 2.24) is 4.90 Å². The minimum Gasteiger partial charge on any atom is -0.326 e. The number of carbonyl (C=O) groups excluding carboxylic acids is 2. The standard InChI is InChI=1S/C16H23N3O2/c1-11-7-8-19(9-15(11)17)10-16(21)18-14-5-3-13(4-6-14)12(2)20/h3-6,11,15H,7-10,17H2,1-2H3,(H,18,21). The molecule has 0 aromatic heterocycles. The molecule has 1 aliphatic rings. The van der Waals surface area contributed by atoms with E-state index in [0.717, 1.165) is 19.5 Å². The van der Waals surface area contributed by atoms with Gasteiger partial charge < -0.3 is 11.1 Å². The molecule has 0 radical (unpaired) electrons. The molecule has 1 fully saturated rings. The molecule has 1 amide bonds. The Morgan fingerprint density at radius 1 is 1.33 bits per heavy atom. The number of nitrogens with two attached hydrogens (primary N) is 1. The van der Waals surface area contributed by atoms with Crippen LogP contribution in [0.2, 0.25) is 0 Å². The largest absolute Gasteiger partial charge is 0.326 e. The van der Waals surface area contributed by atoms with Crippen LogP contribution in [0.4, 0.5) is 5.69 Å². The molecule has 21 heavy (non-hydrogen) atoms. The van der Waals surface area contributed by atoms with Gasteiger partial charge in [0.2, 0.25) is 5.91 Å². The molecule has 1 aromatic rings. The first-order chi connectivity index (χ1) is 9.95. The second-order valence-electron chi connectivity index (χ2n) is 5.85. The average Bonchev–Trinajstić information content (AvgIpc) is 2.43. The van der Waals surface area contributed by atoms with Crippen molar-refractivity contribution in [2.24, 2.45) is 11.7 Å². The fourth-order valence-electron chi connectivity index (χ4n) is 2.51. The molecule has 5 heteroatoms. The maximum absolute atomic E-state index is 12.0. The zero-order chi connectivity index (χ0) is 15.4. The first-order valence-electron chi connectivity index (χ1n) is 7.34. The number of likely N-dealkylation sites (tertiary alicyclic amines) is 1. The number of nitrogens with one attached hydrogen (secondary N) is 1. The van der Waals surface area contributed by atoms with Crippen molar-refractivity contribution in [3.63, 3.8) is 0 Å². The average molecular weight is 289 g/mol. The Kier molecular flexibility index (Phi) is 5.09. The Bertz CT molecular complexity index is 513. The lowest BCUT2D eigenvalue weighted by atomic mass is 9.94. The lowest BCUT2D eigenvalue weighted by molar-refractivity contribution is -0.117. The van der Waals surface area contributed by atoms with Crippen LogP contribution in [0.25, 0.3) is 0 Å². The molecule has 0 aliphatic carbocycles. The van der Waals surface area contributed by atoms with Gasteiger partial charge in [-0.3, -0.25) is 14.5 Å². The van der Waals surface area contributed by atoms with Crippen molar-refractivity contribution in [2.75, 3.05) is 25.0 Å². The maximum Gasteiger partial charge on any atom is 0.238 e. The molecule has 0 saturated carbocycles. The van der Waals surface area contributed by atoms with E-state index < -0.39 is 0 Å². The van der Waals surface area contributed by atoms with Crippen LogP contribution in [0.5, 0.6) is 0 Å². The Morgan fingerprint density at radius 3 is 2.57 bits per heavy atom. The zero-order valence-corrected chi connectivity index (χ0v) is 12.6. The van der Waals surface area contributed by atoms with E-state index in [2.05, 4.69) is 17.1 Å². The van der Waals surface area contributed by atoms with Crippen molar-refractivity contribution in [3.8, 4) is 0 Å². The minimum atomic E-state index is -0.0488. The summed E-state index contributed by atoms with van der Waals surface area (Å²) >= 11 is 0. The van der Waals surface area contributed by atoms with Crippen molar-refractivity contribution >= 4 is 17.4 Å². The molecule has 5 nitrogen and oxygen atoms in total. The number of amides is 1. The van der Waals surface area contributed by atoms with E-state index in [0.29, 0.717) is 23.7 Å². The third-order valence-corrected chi connectivity index (χ3v) is 4.04. The minimum absolute atomic E-state index is 0.0179. The van der Waals surface area contributed by atoms with Crippen LogP contribution in [0.3, 0.4) is 0 Å². The van der Waals surface area contributed by atoms with Gasteiger partial charge >= 0.3 is 0 Å². The molecule has 0 spiro atoms. The van der Waals surface area contributed by atoms with Crippen molar-refractivity contribution in [3.05, 3.63) is 29.8 Å². The van der Waals surface area contributed by atoms with E-state index in [4.69, 9.17) is 5.73 Å². The van der Waals surface area contributed by atoms with E-state index in [1.54, 1.807) is 24.3 Å². The lowest BCUT2D eigenvalue weighted by Gasteiger charge is -2.34. The Hall–Kier alpha value is -1.72. The highest BCUT2D eigenvalue weighted by Gasteiger charge is 2.24. The van der Waals surface area contributed by atoms with E-state index in [-0.39, 0.29) is 17.7 Å². The number of carbonyl (C=O) groups is 2. The number of hydrogen-bond acceptors (Lipinski definition) is 4. The molecule has 1 aliphatic heterocycles. The summed E-state index contributed by atoms with van der Waals surface area (Å²) < 4.78 is 0. The molecule has 2 unspecified atom stereocenters. The molecule has 3 N–H and O–H groups in total. The summed E-state index contributed by atoms with van der Waals surface area (Å²) in [5.41, 5.74) is 7.39. The van der Waals surface area contributed by atoms with Gasteiger partial charge in [-0.2, -0.15) is 0 Å². The number of benzene rings is 1. The van der Waals surface area contributed by atoms with Gasteiger partial charge in [0.15, 0.2) is 5.78 Å². The van der Waals surface area contributed by atoms with Crippen LogP contribution >= 0.6 is 0 Å². The summed E-state index contributed by atoms with van der Waals surface area (Å²) in [6, 6.07) is 7.07. The third kappa shape index (κ3) is 4.37. The topological polar surface area (TPSA) is 75.4 Å². The molecule has 1 heterocycles. The summed E-state index contributed by atoms with van der Waals surface area (Å²) in [6.45, 7) is 5.70. The van der Waals surface area contributed by atoms with Crippen LogP contribution in [-0.4, -0.2) is 42.3 Å². The summed E-state index contributed by atoms with van der Waals surface area (Å²) in [6.07, 6.45) is 1.03. The van der Waals surface area contributed by atoms with E-state index in [9.17, 15) is 9.59 Å². The first-order valence-corrected chi connectivity index (χ1v) is 7.34. The Labute approximate surface area is 125 Å². The number of ketones is 1. The van der Waals surface area contributed by atoms with Crippen LogP contribution in [0.15, 0.2) is 24.3 Å². The highest BCUT2D eigenvalue weighted by atomic mass is 16.2. The number of nitrogens with zero attached hydrogens (tertiary/aromatic N) is 1. The Morgan fingerprint density at radius 2 is 2.00 bits per heavy atom. The molecule has 2 atom stereocenters. The summed E-state index contributed by atoms with van der Waals surface area (Å²) in [4.78, 5) is 25.3. The summed E-state index contributed by atoms with van der Waals surface area (Å²) in [5, 5.41) is 2.85. The monoisotopic (exact) mass is 289 g/mol. The van der Waals surface area contributed by atoms with E-state index in [1.165, 1.54) is 6.92 Å². The molecule has 2 rings (SSSR count). The van der Waals surface area contributed by atoms with Gasteiger partial charge in [-0.05, 0) is 50.1 Å². The number of rotatable bonds is 4. The second kappa shape index (κ2) is 6.83. The van der Waals surface area contributed by atoms with Crippen molar-refractivity contribution in [2.45, 2.75) is 26.3 Å². The van der Waals surface area contributed by atoms with Crippen molar-refractivity contribution in [1.29, 1.82) is 0 Å². The predicted octanol–water partition coefficient (Wildman–Crippen LogP) is 1.50. The quantitative estimate of drug-likeness (QED) is 0.824. The summed E-state index contributed by atoms with van der Waals surface area (Å²) in [5.74, 6) is 0.486. The second-order valence-corrected chi connectivity index (χ2v) is 5.85. The normalized spacial score (nSPS) is 22.8. The number of piperidine rings is 1. The van der Waals surface area contributed by atoms with E-state index >= 15 is 0 Å². The SMILES string of the molecule is CC(=O)c1ccc(NC(=O)CN2CCC(C)C(N)C2)cc1. The first kappa shape index (κ1) is 15.7. The zero-order valence-electron chi connectivity index (χ0n) is 12.6. The van der Waals surface area contributed by atoms with E-state index in [1.807, 2.05) is 0 Å². The Balaban J connectivity index is 1.85. The highest BCUT2D eigenvalue weighted by Crippen LogP contribution is 2.15. The molecule has 114 valence electrons. The fraction of sp³-hybridized carbons (Fsp3) is 0.500. The van der Waals surface area contributed by atoms with Gasteiger partial charge in [0.05, 0.1) is 6.54 Å². The van der Waals surface area contributed by atoms with Gasteiger partial charge in [-0.15, -0.1) is 0 Å². The van der Waals surface area contributed by atoms with Crippen molar-refractivity contribution < 1.29 is 9.59 Å². The molecular formula is C16H23N3O2. The number of anilines is 1. The van der Waals surface area contributed by atoms with Gasteiger partial charge in [0.25, 0.3) is 0 Å².